The van der Waals surface area contributed by atoms with Gasteiger partial charge < -0.3 is 10.0 Å². The highest BCUT2D eigenvalue weighted by molar-refractivity contribution is 5.88. The molecule has 3 aromatic carbocycles. The van der Waals surface area contributed by atoms with Gasteiger partial charge in [0.2, 0.25) is 0 Å². The molecule has 0 amide bonds. The van der Waals surface area contributed by atoms with Gasteiger partial charge in [-0.05, 0) is 60.6 Å². The Balaban J connectivity index is 1.86. The smallest absolute Gasteiger partial charge is 0.335 e. The van der Waals surface area contributed by atoms with Crippen LogP contribution in [0.25, 0.3) is 22.3 Å². The van der Waals surface area contributed by atoms with Crippen LogP contribution in [0.5, 0.6) is 0 Å². The van der Waals surface area contributed by atoms with Gasteiger partial charge in [0.25, 0.3) is 0 Å². The van der Waals surface area contributed by atoms with Crippen molar-refractivity contribution in [3.05, 3.63) is 83.7 Å². The molecule has 3 nitrogen and oxygen atoms in total. The van der Waals surface area contributed by atoms with Gasteiger partial charge >= 0.3 is 5.97 Å². The van der Waals surface area contributed by atoms with Crippen molar-refractivity contribution in [2.45, 2.75) is 6.54 Å². The number of rotatable bonds is 5. The Morgan fingerprint density at radius 3 is 1.81 bits per heavy atom. The Morgan fingerprint density at radius 2 is 1.31 bits per heavy atom. The second kappa shape index (κ2) is 7.50. The zero-order chi connectivity index (χ0) is 18.7. The molecule has 0 aliphatic carbocycles. The van der Waals surface area contributed by atoms with Crippen molar-refractivity contribution >= 4 is 5.97 Å². The van der Waals surface area contributed by atoms with E-state index in [0.29, 0.717) is 12.1 Å². The Labute approximate surface area is 152 Å². The van der Waals surface area contributed by atoms with Crippen LogP contribution in [0.2, 0.25) is 0 Å². The van der Waals surface area contributed by atoms with Gasteiger partial charge in [-0.3, -0.25) is 0 Å². The average molecular weight is 349 g/mol. The third kappa shape index (κ3) is 3.98. The SMILES string of the molecule is CN(C)Cc1cc(-c2ccc(-c3ccc(C(=O)O)cc3)cc2)ccc1F. The van der Waals surface area contributed by atoms with Crippen molar-refractivity contribution in [2.24, 2.45) is 0 Å². The maximum atomic E-state index is 14.0. The molecule has 0 fully saturated rings. The van der Waals surface area contributed by atoms with Crippen LogP contribution in [0.1, 0.15) is 15.9 Å². The Bertz CT molecular complexity index is 916. The van der Waals surface area contributed by atoms with E-state index in [1.165, 1.54) is 6.07 Å². The number of carboxylic acids is 1. The zero-order valence-corrected chi connectivity index (χ0v) is 14.7. The van der Waals surface area contributed by atoms with Crippen LogP contribution >= 0.6 is 0 Å². The van der Waals surface area contributed by atoms with Crippen molar-refractivity contribution in [2.75, 3.05) is 14.1 Å². The van der Waals surface area contributed by atoms with E-state index in [-0.39, 0.29) is 11.4 Å². The third-order valence-corrected chi connectivity index (χ3v) is 4.22. The number of carboxylic acid groups (broad SMARTS) is 1. The summed E-state index contributed by atoms with van der Waals surface area (Å²) < 4.78 is 14.0. The van der Waals surface area contributed by atoms with E-state index >= 15 is 0 Å². The molecule has 0 bridgehead atoms. The molecular formula is C22H20FNO2. The summed E-state index contributed by atoms with van der Waals surface area (Å²) in [5, 5.41) is 8.98. The number of aromatic carboxylic acids is 1. The summed E-state index contributed by atoms with van der Waals surface area (Å²) in [6, 6.07) is 19.9. The van der Waals surface area contributed by atoms with Crippen LogP contribution in [0.3, 0.4) is 0 Å². The molecule has 132 valence electrons. The van der Waals surface area contributed by atoms with E-state index < -0.39 is 5.97 Å². The van der Waals surface area contributed by atoms with Crippen LogP contribution in [0, 0.1) is 5.82 Å². The molecule has 0 radical (unpaired) electrons. The van der Waals surface area contributed by atoms with Crippen LogP contribution < -0.4 is 0 Å². The summed E-state index contributed by atoms with van der Waals surface area (Å²) >= 11 is 0. The van der Waals surface area contributed by atoms with Gasteiger partial charge in [0.1, 0.15) is 5.82 Å². The first-order valence-corrected chi connectivity index (χ1v) is 8.31. The van der Waals surface area contributed by atoms with E-state index in [2.05, 4.69) is 0 Å². The lowest BCUT2D eigenvalue weighted by Gasteiger charge is -2.12. The van der Waals surface area contributed by atoms with Crippen molar-refractivity contribution in [1.29, 1.82) is 0 Å². The summed E-state index contributed by atoms with van der Waals surface area (Å²) in [5.74, 6) is -1.13. The summed E-state index contributed by atoms with van der Waals surface area (Å²) in [5.41, 5.74) is 4.87. The quantitative estimate of drug-likeness (QED) is 0.711. The molecule has 0 heterocycles. The summed E-state index contributed by atoms with van der Waals surface area (Å²) in [6.45, 7) is 0.549. The Hall–Kier alpha value is -2.98. The van der Waals surface area contributed by atoms with Gasteiger partial charge in [0, 0.05) is 12.1 Å². The van der Waals surface area contributed by atoms with E-state index in [4.69, 9.17) is 5.11 Å². The van der Waals surface area contributed by atoms with E-state index in [0.717, 1.165) is 22.3 Å². The largest absolute Gasteiger partial charge is 0.478 e. The van der Waals surface area contributed by atoms with Crippen molar-refractivity contribution < 1.29 is 14.3 Å². The van der Waals surface area contributed by atoms with Gasteiger partial charge in [0.05, 0.1) is 5.56 Å². The molecule has 26 heavy (non-hydrogen) atoms. The minimum Gasteiger partial charge on any atom is -0.478 e. The van der Waals surface area contributed by atoms with Crippen molar-refractivity contribution in [3.63, 3.8) is 0 Å². The van der Waals surface area contributed by atoms with Gasteiger partial charge in [0.15, 0.2) is 0 Å². The molecule has 3 rings (SSSR count). The lowest BCUT2D eigenvalue weighted by Crippen LogP contribution is -2.11. The predicted octanol–water partition coefficient (Wildman–Crippen LogP) is 4.92. The number of halogens is 1. The van der Waals surface area contributed by atoms with E-state index in [1.807, 2.05) is 49.3 Å². The molecule has 4 heteroatoms. The first-order valence-electron chi connectivity index (χ1n) is 8.31. The molecule has 0 atom stereocenters. The minimum atomic E-state index is -0.934. The molecule has 0 unspecified atom stereocenters. The van der Waals surface area contributed by atoms with E-state index in [9.17, 15) is 9.18 Å². The van der Waals surface area contributed by atoms with E-state index in [1.54, 1.807) is 30.3 Å². The standard InChI is InChI=1S/C22H20FNO2/c1-24(2)14-20-13-19(11-12-21(20)23)17-5-3-15(4-6-17)16-7-9-18(10-8-16)22(25)26/h3-13H,14H2,1-2H3,(H,25,26). The summed E-state index contributed by atoms with van der Waals surface area (Å²) in [7, 11) is 3.83. The fourth-order valence-electron chi connectivity index (χ4n) is 2.88. The van der Waals surface area contributed by atoms with Crippen LogP contribution in [0.4, 0.5) is 4.39 Å². The molecule has 0 saturated heterocycles. The normalized spacial score (nSPS) is 10.9. The van der Waals surface area contributed by atoms with Crippen LogP contribution in [0.15, 0.2) is 66.7 Å². The minimum absolute atomic E-state index is 0.197. The highest BCUT2D eigenvalue weighted by atomic mass is 19.1. The van der Waals surface area contributed by atoms with Gasteiger partial charge in [-0.15, -0.1) is 0 Å². The van der Waals surface area contributed by atoms with Gasteiger partial charge in [-0.25, -0.2) is 9.18 Å². The molecule has 0 aliphatic heterocycles. The Kier molecular flexibility index (Phi) is 5.14. The number of nitrogens with zero attached hydrogens (tertiary/aromatic N) is 1. The summed E-state index contributed by atoms with van der Waals surface area (Å²) in [4.78, 5) is 12.9. The molecule has 0 aliphatic rings. The van der Waals surface area contributed by atoms with Crippen molar-refractivity contribution in [3.8, 4) is 22.3 Å². The molecular weight excluding hydrogens is 329 g/mol. The lowest BCUT2D eigenvalue weighted by atomic mass is 9.98. The van der Waals surface area contributed by atoms with Gasteiger partial charge in [-0.2, -0.15) is 0 Å². The molecule has 0 aromatic heterocycles. The first kappa shape index (κ1) is 17.8. The average Bonchev–Trinajstić information content (AvgIpc) is 2.63. The monoisotopic (exact) mass is 349 g/mol. The second-order valence-corrected chi connectivity index (χ2v) is 6.50. The number of hydrogen-bond donors (Lipinski definition) is 1. The van der Waals surface area contributed by atoms with Crippen molar-refractivity contribution in [1.82, 2.24) is 4.90 Å². The molecule has 3 aromatic rings. The number of carbonyl (C=O) groups is 1. The fraction of sp³-hybridized carbons (Fsp3) is 0.136. The maximum Gasteiger partial charge on any atom is 0.335 e. The second-order valence-electron chi connectivity index (χ2n) is 6.50. The first-order chi connectivity index (χ1) is 12.4. The molecule has 1 N–H and O–H groups in total. The summed E-state index contributed by atoms with van der Waals surface area (Å²) in [6.07, 6.45) is 0. The van der Waals surface area contributed by atoms with Crippen LogP contribution in [-0.4, -0.2) is 30.1 Å². The third-order valence-electron chi connectivity index (χ3n) is 4.22. The molecule has 0 saturated carbocycles. The van der Waals surface area contributed by atoms with Gasteiger partial charge in [-0.1, -0.05) is 42.5 Å². The lowest BCUT2D eigenvalue weighted by molar-refractivity contribution is 0.0697. The maximum absolute atomic E-state index is 14.0. The Morgan fingerprint density at radius 1 is 0.846 bits per heavy atom. The predicted molar refractivity (Wildman–Crippen MR) is 102 cm³/mol. The van der Waals surface area contributed by atoms with Crippen LogP contribution in [-0.2, 0) is 6.54 Å². The molecule has 0 spiro atoms. The zero-order valence-electron chi connectivity index (χ0n) is 14.7. The highest BCUT2D eigenvalue weighted by Crippen LogP contribution is 2.26. The fourth-order valence-corrected chi connectivity index (χ4v) is 2.88. The number of benzene rings is 3. The number of hydrogen-bond acceptors (Lipinski definition) is 2. The highest BCUT2D eigenvalue weighted by Gasteiger charge is 2.07. The topological polar surface area (TPSA) is 40.5 Å².